The van der Waals surface area contributed by atoms with E-state index in [1.54, 1.807) is 24.3 Å². The molecule has 4 rings (SSSR count). The van der Waals surface area contributed by atoms with Crippen LogP contribution in [0.2, 0.25) is 5.02 Å². The fourth-order valence-electron chi connectivity index (χ4n) is 3.28. The summed E-state index contributed by atoms with van der Waals surface area (Å²) in [6.07, 6.45) is -4.81. The average Bonchev–Trinajstić information content (AvgIpc) is 3.13. The Morgan fingerprint density at radius 2 is 1.84 bits per heavy atom. The van der Waals surface area contributed by atoms with Gasteiger partial charge in [-0.05, 0) is 37.3 Å². The van der Waals surface area contributed by atoms with Crippen LogP contribution in [-0.2, 0) is 11.0 Å². The van der Waals surface area contributed by atoms with Gasteiger partial charge in [0.05, 0.1) is 5.57 Å². The van der Waals surface area contributed by atoms with E-state index in [1.807, 2.05) is 0 Å². The number of nitrogens with one attached hydrogen (secondary N) is 2. The number of fused-ring (bicyclic) bond motifs is 1. The number of aromatic nitrogens is 3. The number of allylic oxidation sites excluding steroid dienone is 1. The molecule has 1 amide bonds. The maximum absolute atomic E-state index is 14.7. The summed E-state index contributed by atoms with van der Waals surface area (Å²) < 4.78 is 55.2. The smallest absolute Gasteiger partial charge is 0.328 e. The van der Waals surface area contributed by atoms with Crippen LogP contribution in [0.3, 0.4) is 0 Å². The molecular weight excluding hydrogens is 438 g/mol. The van der Waals surface area contributed by atoms with Gasteiger partial charge < -0.3 is 10.6 Å². The van der Waals surface area contributed by atoms with Gasteiger partial charge in [0.25, 0.3) is 11.7 Å². The van der Waals surface area contributed by atoms with E-state index in [2.05, 4.69) is 20.7 Å². The summed E-state index contributed by atoms with van der Waals surface area (Å²) in [6.45, 7) is 1.50. The van der Waals surface area contributed by atoms with Gasteiger partial charge in [0, 0.05) is 22.0 Å². The molecule has 2 aromatic carbocycles. The molecule has 160 valence electrons. The Morgan fingerprint density at radius 1 is 1.16 bits per heavy atom. The van der Waals surface area contributed by atoms with Crippen molar-refractivity contribution in [1.82, 2.24) is 14.8 Å². The lowest BCUT2D eigenvalue weighted by Crippen LogP contribution is -2.32. The number of carbonyl (C=O) groups is 1. The summed E-state index contributed by atoms with van der Waals surface area (Å²) in [5.41, 5.74) is 0.589. The summed E-state index contributed by atoms with van der Waals surface area (Å²) in [5.74, 6) is -2.99. The summed E-state index contributed by atoms with van der Waals surface area (Å²) in [4.78, 5) is 16.6. The maximum Gasteiger partial charge on any atom is 0.453 e. The van der Waals surface area contributed by atoms with Gasteiger partial charge in [0.1, 0.15) is 11.9 Å². The second kappa shape index (κ2) is 7.69. The van der Waals surface area contributed by atoms with E-state index in [0.29, 0.717) is 10.7 Å². The van der Waals surface area contributed by atoms with Gasteiger partial charge >= 0.3 is 6.18 Å². The van der Waals surface area contributed by atoms with Crippen LogP contribution in [-0.4, -0.2) is 20.7 Å². The summed E-state index contributed by atoms with van der Waals surface area (Å²) in [7, 11) is 0. The molecule has 31 heavy (non-hydrogen) atoms. The molecule has 0 saturated carbocycles. The van der Waals surface area contributed by atoms with E-state index in [0.717, 1.165) is 10.7 Å². The topological polar surface area (TPSA) is 71.8 Å². The van der Waals surface area contributed by atoms with Crippen molar-refractivity contribution in [2.24, 2.45) is 0 Å². The van der Waals surface area contributed by atoms with Gasteiger partial charge in [-0.3, -0.25) is 4.79 Å². The second-order valence-corrected chi connectivity index (χ2v) is 7.19. The van der Waals surface area contributed by atoms with Crippen molar-refractivity contribution >= 4 is 29.1 Å². The molecule has 3 aromatic rings. The Labute approximate surface area is 178 Å². The number of carbonyl (C=O) groups excluding carboxylic acids is 1. The molecule has 0 saturated heterocycles. The highest BCUT2D eigenvalue weighted by Crippen LogP contribution is 2.38. The molecule has 2 heterocycles. The number of hydrogen-bond acceptors (Lipinski definition) is 4. The minimum Gasteiger partial charge on any atom is -0.328 e. The Balaban J connectivity index is 1.82. The predicted molar refractivity (Wildman–Crippen MR) is 106 cm³/mol. The lowest BCUT2D eigenvalue weighted by atomic mass is 9.94. The minimum absolute atomic E-state index is 0.00817. The summed E-state index contributed by atoms with van der Waals surface area (Å²) >= 11 is 5.85. The van der Waals surface area contributed by atoms with Gasteiger partial charge in [0.15, 0.2) is 0 Å². The zero-order chi connectivity index (χ0) is 22.3. The minimum atomic E-state index is -4.81. The lowest BCUT2D eigenvalue weighted by Gasteiger charge is -2.28. The molecule has 0 spiro atoms. The molecule has 1 aromatic heterocycles. The third-order valence-corrected chi connectivity index (χ3v) is 4.90. The third kappa shape index (κ3) is 3.98. The SMILES string of the molecule is CC1=C(C(=O)Nc2ccc(Cl)cc2)[C@@H](c2ccccc2F)n2nc(C(F)(F)F)nc2N1. The van der Waals surface area contributed by atoms with E-state index in [1.165, 1.54) is 25.1 Å². The molecule has 0 unspecified atom stereocenters. The summed E-state index contributed by atoms with van der Waals surface area (Å²) in [5, 5.41) is 9.31. The number of nitrogens with zero attached hydrogens (tertiary/aromatic N) is 3. The monoisotopic (exact) mass is 451 g/mol. The van der Waals surface area contributed by atoms with E-state index in [4.69, 9.17) is 11.6 Å². The standard InChI is InChI=1S/C20H14ClF4N5O/c1-10-15(17(31)27-12-8-6-11(21)7-9-12)16(13-4-2-3-5-14(13)22)30-19(26-10)28-18(29-30)20(23,24)25/h2-9,16H,1H3,(H,27,31)(H,26,28,29)/t16-/m1/s1. The van der Waals surface area contributed by atoms with E-state index < -0.39 is 29.8 Å². The molecular formula is C20H14ClF4N5O. The van der Waals surface area contributed by atoms with Gasteiger partial charge in [-0.1, -0.05) is 29.8 Å². The molecule has 0 radical (unpaired) electrons. The Bertz CT molecular complexity index is 1190. The molecule has 6 nitrogen and oxygen atoms in total. The van der Waals surface area contributed by atoms with Crippen LogP contribution >= 0.6 is 11.6 Å². The number of hydrogen-bond donors (Lipinski definition) is 2. The first-order valence-electron chi connectivity index (χ1n) is 8.98. The zero-order valence-electron chi connectivity index (χ0n) is 15.8. The Morgan fingerprint density at radius 3 is 2.48 bits per heavy atom. The van der Waals surface area contributed by atoms with Gasteiger partial charge in [-0.15, -0.1) is 5.10 Å². The molecule has 1 atom stereocenters. The number of rotatable bonds is 3. The largest absolute Gasteiger partial charge is 0.453 e. The first-order valence-corrected chi connectivity index (χ1v) is 9.36. The molecule has 11 heteroatoms. The van der Waals surface area contributed by atoms with Crippen molar-refractivity contribution in [2.75, 3.05) is 10.6 Å². The number of amides is 1. The predicted octanol–water partition coefficient (Wildman–Crippen LogP) is 5.02. The van der Waals surface area contributed by atoms with Crippen LogP contribution in [0.15, 0.2) is 59.8 Å². The number of halogens is 5. The number of alkyl halides is 3. The van der Waals surface area contributed by atoms with Gasteiger partial charge in [-0.25, -0.2) is 9.07 Å². The first-order chi connectivity index (χ1) is 14.6. The molecule has 2 N–H and O–H groups in total. The van der Waals surface area contributed by atoms with E-state index >= 15 is 0 Å². The maximum atomic E-state index is 14.7. The molecule has 0 bridgehead atoms. The average molecular weight is 452 g/mol. The van der Waals surface area contributed by atoms with E-state index in [9.17, 15) is 22.4 Å². The second-order valence-electron chi connectivity index (χ2n) is 6.75. The first kappa shape index (κ1) is 20.9. The van der Waals surface area contributed by atoms with Crippen LogP contribution in [0.4, 0.5) is 29.2 Å². The highest BCUT2D eigenvalue weighted by molar-refractivity contribution is 6.30. The van der Waals surface area contributed by atoms with Crippen LogP contribution in [0.5, 0.6) is 0 Å². The van der Waals surface area contributed by atoms with E-state index in [-0.39, 0.29) is 22.8 Å². The molecule has 0 fully saturated rings. The third-order valence-electron chi connectivity index (χ3n) is 4.65. The van der Waals surface area contributed by atoms with Crippen molar-refractivity contribution in [3.8, 4) is 0 Å². The van der Waals surface area contributed by atoms with Crippen molar-refractivity contribution in [3.05, 3.63) is 82.0 Å². The highest BCUT2D eigenvalue weighted by Gasteiger charge is 2.41. The summed E-state index contributed by atoms with van der Waals surface area (Å²) in [6, 6.07) is 10.5. The molecule has 0 aliphatic carbocycles. The highest BCUT2D eigenvalue weighted by atomic mass is 35.5. The van der Waals surface area contributed by atoms with Crippen molar-refractivity contribution in [3.63, 3.8) is 0 Å². The van der Waals surface area contributed by atoms with Gasteiger partial charge in [0.2, 0.25) is 5.95 Å². The van der Waals surface area contributed by atoms with Crippen LogP contribution in [0.1, 0.15) is 24.4 Å². The van der Waals surface area contributed by atoms with Crippen LogP contribution < -0.4 is 10.6 Å². The van der Waals surface area contributed by atoms with Crippen LogP contribution in [0.25, 0.3) is 0 Å². The fraction of sp³-hybridized carbons (Fsp3) is 0.150. The number of anilines is 2. The normalized spacial score (nSPS) is 16.0. The van der Waals surface area contributed by atoms with Gasteiger partial charge in [-0.2, -0.15) is 18.2 Å². The number of benzene rings is 2. The van der Waals surface area contributed by atoms with Crippen molar-refractivity contribution in [1.29, 1.82) is 0 Å². The fourth-order valence-corrected chi connectivity index (χ4v) is 3.41. The Hall–Kier alpha value is -3.40. The quantitative estimate of drug-likeness (QED) is 0.549. The molecule has 1 aliphatic rings. The van der Waals surface area contributed by atoms with Crippen LogP contribution in [0, 0.1) is 5.82 Å². The Kier molecular flexibility index (Phi) is 5.18. The lowest BCUT2D eigenvalue weighted by molar-refractivity contribution is -0.145. The van der Waals surface area contributed by atoms with Crippen molar-refractivity contribution < 1.29 is 22.4 Å². The molecule has 1 aliphatic heterocycles. The zero-order valence-corrected chi connectivity index (χ0v) is 16.6. The van der Waals surface area contributed by atoms with Crippen molar-refractivity contribution in [2.45, 2.75) is 19.1 Å².